The molecule has 1 fully saturated rings. The molecule has 1 aliphatic heterocycles. The van der Waals surface area contributed by atoms with Crippen LogP contribution in [0.15, 0.2) is 6.33 Å². The minimum atomic E-state index is -1.28. The van der Waals surface area contributed by atoms with Crippen molar-refractivity contribution in [1.29, 1.82) is 0 Å². The summed E-state index contributed by atoms with van der Waals surface area (Å²) in [6.07, 6.45) is -2.71. The second-order valence-corrected chi connectivity index (χ2v) is 4.64. The molecule has 3 heterocycles. The Hall–Kier alpha value is -2.14. The highest BCUT2D eigenvalue weighted by Crippen LogP contribution is 2.31. The third kappa shape index (κ3) is 2.05. The summed E-state index contributed by atoms with van der Waals surface area (Å²) in [5, 5.41) is 28.9. The van der Waals surface area contributed by atoms with E-state index in [9.17, 15) is 15.0 Å². The van der Waals surface area contributed by atoms with E-state index in [0.29, 0.717) is 6.29 Å². The van der Waals surface area contributed by atoms with Crippen molar-refractivity contribution in [3.8, 4) is 0 Å². The zero-order chi connectivity index (χ0) is 15.1. The number of carbonyl (C=O) groups is 1. The number of aldehydes is 1. The van der Waals surface area contributed by atoms with Crippen LogP contribution in [0.4, 0.5) is 5.82 Å². The number of aromatic nitrogens is 4. The van der Waals surface area contributed by atoms with Crippen LogP contribution in [0.1, 0.15) is 16.8 Å². The summed E-state index contributed by atoms with van der Waals surface area (Å²) in [5.41, 5.74) is 6.12. The molecule has 1 aliphatic rings. The molecule has 21 heavy (non-hydrogen) atoms. The van der Waals surface area contributed by atoms with E-state index < -0.39 is 31.1 Å². The summed E-state index contributed by atoms with van der Waals surface area (Å²) in [4.78, 5) is 22.5. The number of fused-ring (bicyclic) bond motifs is 1. The monoisotopic (exact) mass is 295 g/mol. The Morgan fingerprint density at radius 2 is 2.14 bits per heavy atom. The van der Waals surface area contributed by atoms with Crippen LogP contribution in [-0.2, 0) is 4.74 Å². The fourth-order valence-corrected chi connectivity index (χ4v) is 2.30. The third-order valence-corrected chi connectivity index (χ3v) is 3.36. The van der Waals surface area contributed by atoms with Gasteiger partial charge in [0.15, 0.2) is 29.8 Å². The van der Waals surface area contributed by atoms with Crippen LogP contribution in [-0.4, -0.2) is 66.0 Å². The minimum Gasteiger partial charge on any atom is -0.394 e. The van der Waals surface area contributed by atoms with E-state index in [1.54, 1.807) is 0 Å². The molecule has 0 aromatic carbocycles. The molecule has 0 amide bonds. The Kier molecular flexibility index (Phi) is 3.29. The molecule has 0 aliphatic carbocycles. The highest BCUT2D eigenvalue weighted by Gasteiger charge is 2.44. The van der Waals surface area contributed by atoms with E-state index in [0.717, 1.165) is 0 Å². The molecule has 0 unspecified atom stereocenters. The molecule has 4 atom stereocenters. The second kappa shape index (κ2) is 5.00. The summed E-state index contributed by atoms with van der Waals surface area (Å²) in [7, 11) is 0. The lowest BCUT2D eigenvalue weighted by Crippen LogP contribution is -2.33. The molecule has 3 rings (SSSR count). The lowest BCUT2D eigenvalue weighted by molar-refractivity contribution is -0.0511. The Morgan fingerprint density at radius 3 is 2.76 bits per heavy atom. The zero-order valence-corrected chi connectivity index (χ0v) is 10.7. The molecule has 5 N–H and O–H groups in total. The van der Waals surface area contributed by atoms with Crippen molar-refractivity contribution in [3.63, 3.8) is 0 Å². The van der Waals surface area contributed by atoms with Crippen LogP contribution in [0.25, 0.3) is 11.2 Å². The first kappa shape index (κ1) is 13.8. The first-order valence-corrected chi connectivity index (χ1v) is 6.14. The van der Waals surface area contributed by atoms with Gasteiger partial charge in [0.05, 0.1) is 12.9 Å². The van der Waals surface area contributed by atoms with Gasteiger partial charge in [-0.05, 0) is 0 Å². The van der Waals surface area contributed by atoms with E-state index in [-0.39, 0.29) is 22.8 Å². The number of aliphatic hydroxyl groups excluding tert-OH is 3. The van der Waals surface area contributed by atoms with Crippen molar-refractivity contribution < 1.29 is 24.9 Å². The molecule has 10 heteroatoms. The first-order valence-electron chi connectivity index (χ1n) is 6.14. The number of nitrogens with two attached hydrogens (primary N) is 1. The number of aliphatic hydroxyl groups is 3. The Balaban J connectivity index is 2.09. The summed E-state index contributed by atoms with van der Waals surface area (Å²) < 4.78 is 6.72. The van der Waals surface area contributed by atoms with Gasteiger partial charge in [-0.3, -0.25) is 9.36 Å². The predicted octanol–water partition coefficient (Wildman–Crippen LogP) is -2.17. The van der Waals surface area contributed by atoms with Crippen molar-refractivity contribution in [1.82, 2.24) is 19.5 Å². The molecule has 2 aromatic heterocycles. The molecule has 0 spiro atoms. The van der Waals surface area contributed by atoms with Crippen molar-refractivity contribution in [2.45, 2.75) is 24.5 Å². The number of nitrogens with zero attached hydrogens (tertiary/aromatic N) is 4. The molecule has 2 aromatic rings. The number of ether oxygens (including phenoxy) is 1. The van der Waals surface area contributed by atoms with Crippen LogP contribution in [0.2, 0.25) is 0 Å². The summed E-state index contributed by atoms with van der Waals surface area (Å²) in [5.74, 6) is -0.110. The number of imidazole rings is 1. The second-order valence-electron chi connectivity index (χ2n) is 4.64. The van der Waals surface area contributed by atoms with Crippen molar-refractivity contribution in [3.05, 3.63) is 12.2 Å². The number of carbonyl (C=O) groups excluding carboxylic acids is 1. The first-order chi connectivity index (χ1) is 10.1. The van der Waals surface area contributed by atoms with Crippen LogP contribution in [0.5, 0.6) is 0 Å². The standard InChI is InChI=1S/C11H13N5O5/c12-9-6-10(15-5(2-18)14-9)16(3-13-6)11-8(20)7(19)4(1-17)21-11/h2-4,7-8,11,17,19-20H,1H2,(H2,12,14,15)/t4-,7+,8-,11+/m0/s1. The Morgan fingerprint density at radius 1 is 1.38 bits per heavy atom. The maximum Gasteiger partial charge on any atom is 0.196 e. The highest BCUT2D eigenvalue weighted by molar-refractivity contribution is 5.84. The van der Waals surface area contributed by atoms with Crippen LogP contribution in [0, 0.1) is 0 Å². The van der Waals surface area contributed by atoms with Gasteiger partial charge < -0.3 is 25.8 Å². The average Bonchev–Trinajstić information content (AvgIpc) is 3.02. The van der Waals surface area contributed by atoms with E-state index in [1.165, 1.54) is 10.9 Å². The molecule has 112 valence electrons. The minimum absolute atomic E-state index is 0.0209. The summed E-state index contributed by atoms with van der Waals surface area (Å²) >= 11 is 0. The van der Waals surface area contributed by atoms with Gasteiger partial charge in [-0.2, -0.15) is 0 Å². The fraction of sp³-hybridized carbons (Fsp3) is 0.455. The van der Waals surface area contributed by atoms with Gasteiger partial charge in [0.2, 0.25) is 0 Å². The number of hydrogen-bond acceptors (Lipinski definition) is 9. The maximum atomic E-state index is 10.8. The van der Waals surface area contributed by atoms with Gasteiger partial charge in [-0.1, -0.05) is 0 Å². The van der Waals surface area contributed by atoms with Gasteiger partial charge >= 0.3 is 0 Å². The Bertz CT molecular complexity index is 689. The number of anilines is 1. The van der Waals surface area contributed by atoms with Crippen LogP contribution in [0.3, 0.4) is 0 Å². The molecule has 1 saturated heterocycles. The van der Waals surface area contributed by atoms with Crippen molar-refractivity contribution >= 4 is 23.3 Å². The SMILES string of the molecule is Nc1nc(C=O)nc2c1ncn2[C@@H]1O[C@@H](CO)[C@@H](O)[C@@H]1O. The number of hydrogen-bond donors (Lipinski definition) is 4. The summed E-state index contributed by atoms with van der Waals surface area (Å²) in [6, 6.07) is 0. The van der Waals surface area contributed by atoms with Gasteiger partial charge in [-0.15, -0.1) is 0 Å². The quantitative estimate of drug-likeness (QED) is 0.462. The molecule has 0 saturated carbocycles. The van der Waals surface area contributed by atoms with Gasteiger partial charge in [0, 0.05) is 0 Å². The van der Waals surface area contributed by atoms with Gasteiger partial charge in [-0.25, -0.2) is 15.0 Å². The zero-order valence-electron chi connectivity index (χ0n) is 10.7. The van der Waals surface area contributed by atoms with Gasteiger partial charge in [0.1, 0.15) is 23.8 Å². The largest absolute Gasteiger partial charge is 0.394 e. The van der Waals surface area contributed by atoms with Crippen molar-refractivity contribution in [2.75, 3.05) is 12.3 Å². The van der Waals surface area contributed by atoms with Gasteiger partial charge in [0.25, 0.3) is 0 Å². The Labute approximate surface area is 117 Å². The van der Waals surface area contributed by atoms with E-state index in [2.05, 4.69) is 15.0 Å². The molecular formula is C11H13N5O5. The number of nitrogen functional groups attached to an aromatic ring is 1. The predicted molar refractivity (Wildman–Crippen MR) is 68.1 cm³/mol. The normalized spacial score (nSPS) is 29.1. The average molecular weight is 295 g/mol. The van der Waals surface area contributed by atoms with E-state index in [1.807, 2.05) is 0 Å². The lowest BCUT2D eigenvalue weighted by Gasteiger charge is -2.16. The third-order valence-electron chi connectivity index (χ3n) is 3.36. The topological polar surface area (TPSA) is 157 Å². The maximum absolute atomic E-state index is 10.8. The van der Waals surface area contributed by atoms with E-state index in [4.69, 9.17) is 15.6 Å². The lowest BCUT2D eigenvalue weighted by atomic mass is 10.1. The molecule has 10 nitrogen and oxygen atoms in total. The van der Waals surface area contributed by atoms with Crippen LogP contribution < -0.4 is 5.73 Å². The molecule has 0 radical (unpaired) electrons. The molecular weight excluding hydrogens is 282 g/mol. The summed E-state index contributed by atoms with van der Waals surface area (Å²) in [6.45, 7) is -0.446. The molecule has 0 bridgehead atoms. The smallest absolute Gasteiger partial charge is 0.196 e. The van der Waals surface area contributed by atoms with Crippen LogP contribution >= 0.6 is 0 Å². The number of rotatable bonds is 3. The fourth-order valence-electron chi connectivity index (χ4n) is 2.30. The van der Waals surface area contributed by atoms with E-state index >= 15 is 0 Å². The highest BCUT2D eigenvalue weighted by atomic mass is 16.6. The van der Waals surface area contributed by atoms with Crippen molar-refractivity contribution in [2.24, 2.45) is 0 Å².